The summed E-state index contributed by atoms with van der Waals surface area (Å²) in [7, 11) is 0. The van der Waals surface area contributed by atoms with Gasteiger partial charge in [0, 0.05) is 37.2 Å². The zero-order valence-corrected chi connectivity index (χ0v) is 11.8. The van der Waals surface area contributed by atoms with Gasteiger partial charge < -0.3 is 9.32 Å². The van der Waals surface area contributed by atoms with Crippen LogP contribution in [0.15, 0.2) is 53.7 Å². The van der Waals surface area contributed by atoms with Crippen molar-refractivity contribution in [2.45, 2.75) is 26.1 Å². The molecule has 0 saturated carbocycles. The molecule has 104 valence electrons. The maximum atomic E-state index is 5.18. The molecular formula is C16H19N3O. The van der Waals surface area contributed by atoms with E-state index in [0.717, 1.165) is 18.7 Å². The van der Waals surface area contributed by atoms with Gasteiger partial charge in [-0.3, -0.25) is 10.3 Å². The molecule has 1 aliphatic rings. The first-order chi connectivity index (χ1) is 9.65. The van der Waals surface area contributed by atoms with Gasteiger partial charge in [-0.2, -0.15) is 0 Å². The molecule has 0 spiro atoms. The van der Waals surface area contributed by atoms with E-state index in [4.69, 9.17) is 4.42 Å². The summed E-state index contributed by atoms with van der Waals surface area (Å²) >= 11 is 0. The smallest absolute Gasteiger partial charge is 0.0978 e. The average Bonchev–Trinajstić information content (AvgIpc) is 2.96. The summed E-state index contributed by atoms with van der Waals surface area (Å²) < 4.78 is 5.18. The molecule has 0 unspecified atom stereocenters. The predicted octanol–water partition coefficient (Wildman–Crippen LogP) is 2.86. The normalized spacial score (nSPS) is 17.9. The van der Waals surface area contributed by atoms with Crippen molar-refractivity contribution in [3.05, 3.63) is 60.4 Å². The molecule has 0 radical (unpaired) electrons. The molecule has 4 heteroatoms. The summed E-state index contributed by atoms with van der Waals surface area (Å²) in [5, 5.41) is 3.57. The molecule has 0 fully saturated rings. The molecule has 3 rings (SSSR count). The third-order valence-corrected chi connectivity index (χ3v) is 3.74. The fourth-order valence-corrected chi connectivity index (χ4v) is 2.36. The first-order valence-corrected chi connectivity index (χ1v) is 6.79. The molecule has 2 aromatic rings. The molecule has 1 N–H and O–H groups in total. The van der Waals surface area contributed by atoms with Crippen LogP contribution in [0.3, 0.4) is 0 Å². The fourth-order valence-electron chi connectivity index (χ4n) is 2.36. The van der Waals surface area contributed by atoms with Crippen molar-refractivity contribution in [2.75, 3.05) is 6.54 Å². The zero-order valence-electron chi connectivity index (χ0n) is 11.8. The lowest BCUT2D eigenvalue weighted by Crippen LogP contribution is -2.55. The van der Waals surface area contributed by atoms with Crippen LogP contribution < -0.4 is 5.32 Å². The Labute approximate surface area is 119 Å². The van der Waals surface area contributed by atoms with Crippen molar-refractivity contribution in [1.29, 1.82) is 0 Å². The van der Waals surface area contributed by atoms with E-state index in [1.807, 2.05) is 18.5 Å². The van der Waals surface area contributed by atoms with Crippen molar-refractivity contribution in [3.63, 3.8) is 0 Å². The highest BCUT2D eigenvalue weighted by Gasteiger charge is 2.28. The van der Waals surface area contributed by atoms with Crippen molar-refractivity contribution >= 4 is 5.57 Å². The standard InChI is InChI=1S/C16H19N3O/c1-16(2)18-9-15(14-5-8-20-12-14)11-19(16)10-13-3-6-17-7-4-13/h3-8,11-12,18H,9-10H2,1-2H3. The summed E-state index contributed by atoms with van der Waals surface area (Å²) in [6.45, 7) is 6.08. The highest BCUT2D eigenvalue weighted by atomic mass is 16.3. The molecule has 2 aromatic heterocycles. The molecule has 1 aliphatic heterocycles. The Morgan fingerprint density at radius 3 is 2.80 bits per heavy atom. The van der Waals surface area contributed by atoms with Crippen molar-refractivity contribution in [1.82, 2.24) is 15.2 Å². The largest absolute Gasteiger partial charge is 0.472 e. The van der Waals surface area contributed by atoms with Gasteiger partial charge in [0.2, 0.25) is 0 Å². The van der Waals surface area contributed by atoms with Crippen LogP contribution in [0.5, 0.6) is 0 Å². The molecule has 0 amide bonds. The third-order valence-electron chi connectivity index (χ3n) is 3.74. The van der Waals surface area contributed by atoms with Crippen LogP contribution in [0.1, 0.15) is 25.0 Å². The molecule has 0 atom stereocenters. The summed E-state index contributed by atoms with van der Waals surface area (Å²) in [5.41, 5.74) is 3.55. The van der Waals surface area contributed by atoms with E-state index < -0.39 is 0 Å². The molecule has 3 heterocycles. The lowest BCUT2D eigenvalue weighted by molar-refractivity contribution is 0.131. The minimum Gasteiger partial charge on any atom is -0.472 e. The van der Waals surface area contributed by atoms with Crippen molar-refractivity contribution in [3.8, 4) is 0 Å². The number of pyridine rings is 1. The number of rotatable bonds is 3. The topological polar surface area (TPSA) is 41.3 Å². The van der Waals surface area contributed by atoms with Crippen LogP contribution in [0.25, 0.3) is 5.57 Å². The molecule has 0 aromatic carbocycles. The Morgan fingerprint density at radius 1 is 1.30 bits per heavy atom. The number of hydrogen-bond donors (Lipinski definition) is 1. The van der Waals surface area contributed by atoms with E-state index in [1.54, 1.807) is 12.5 Å². The van der Waals surface area contributed by atoms with Crippen LogP contribution in [-0.4, -0.2) is 22.1 Å². The van der Waals surface area contributed by atoms with E-state index >= 15 is 0 Å². The third kappa shape index (κ3) is 2.60. The molecule has 4 nitrogen and oxygen atoms in total. The van der Waals surface area contributed by atoms with Crippen LogP contribution in [0.2, 0.25) is 0 Å². The summed E-state index contributed by atoms with van der Waals surface area (Å²) in [5.74, 6) is 0. The fraction of sp³-hybridized carbons (Fsp3) is 0.312. The summed E-state index contributed by atoms with van der Waals surface area (Å²) in [6, 6.07) is 6.10. The highest BCUT2D eigenvalue weighted by Crippen LogP contribution is 2.26. The van der Waals surface area contributed by atoms with E-state index in [1.165, 1.54) is 11.1 Å². The quantitative estimate of drug-likeness (QED) is 0.930. The Bertz CT molecular complexity index is 587. The second kappa shape index (κ2) is 5.13. The first-order valence-electron chi connectivity index (χ1n) is 6.79. The predicted molar refractivity (Wildman–Crippen MR) is 78.5 cm³/mol. The monoisotopic (exact) mass is 269 g/mol. The number of nitrogens with one attached hydrogen (secondary N) is 1. The van der Waals surface area contributed by atoms with Crippen LogP contribution in [0, 0.1) is 0 Å². The van der Waals surface area contributed by atoms with E-state index in [0.29, 0.717) is 0 Å². The van der Waals surface area contributed by atoms with Crippen LogP contribution in [-0.2, 0) is 6.54 Å². The summed E-state index contributed by atoms with van der Waals surface area (Å²) in [6.07, 6.45) is 9.39. The second-order valence-electron chi connectivity index (χ2n) is 5.56. The van der Waals surface area contributed by atoms with Gasteiger partial charge in [0.05, 0.1) is 18.2 Å². The first kappa shape index (κ1) is 12.9. The molecule has 20 heavy (non-hydrogen) atoms. The lowest BCUT2D eigenvalue weighted by atomic mass is 10.0. The van der Waals surface area contributed by atoms with Gasteiger partial charge in [-0.05, 0) is 43.2 Å². The van der Waals surface area contributed by atoms with Gasteiger partial charge >= 0.3 is 0 Å². The second-order valence-corrected chi connectivity index (χ2v) is 5.56. The number of hydrogen-bond acceptors (Lipinski definition) is 4. The van der Waals surface area contributed by atoms with Gasteiger partial charge in [0.1, 0.15) is 0 Å². The lowest BCUT2D eigenvalue weighted by Gasteiger charge is -2.43. The summed E-state index contributed by atoms with van der Waals surface area (Å²) in [4.78, 5) is 6.38. The van der Waals surface area contributed by atoms with Gasteiger partial charge in [0.15, 0.2) is 0 Å². The minimum atomic E-state index is -0.0729. The van der Waals surface area contributed by atoms with Crippen LogP contribution in [0.4, 0.5) is 0 Å². The van der Waals surface area contributed by atoms with Gasteiger partial charge in [-0.25, -0.2) is 0 Å². The van der Waals surface area contributed by atoms with Gasteiger partial charge in [-0.15, -0.1) is 0 Å². The number of furan rings is 1. The Morgan fingerprint density at radius 2 is 2.10 bits per heavy atom. The number of nitrogens with zero attached hydrogens (tertiary/aromatic N) is 2. The number of aromatic nitrogens is 1. The SMILES string of the molecule is CC1(C)NCC(c2ccoc2)=CN1Cc1ccncc1. The average molecular weight is 269 g/mol. The van der Waals surface area contributed by atoms with Gasteiger partial charge in [-0.1, -0.05) is 0 Å². The van der Waals surface area contributed by atoms with Crippen molar-refractivity contribution < 1.29 is 4.42 Å². The Hall–Kier alpha value is -2.07. The highest BCUT2D eigenvalue weighted by molar-refractivity contribution is 5.66. The zero-order chi connectivity index (χ0) is 14.0. The van der Waals surface area contributed by atoms with E-state index in [2.05, 4.69) is 47.4 Å². The molecule has 0 bridgehead atoms. The minimum absolute atomic E-state index is 0.0729. The molecule has 0 saturated heterocycles. The Kier molecular flexibility index (Phi) is 3.32. The molecular weight excluding hydrogens is 250 g/mol. The Balaban J connectivity index is 1.87. The van der Waals surface area contributed by atoms with E-state index in [-0.39, 0.29) is 5.66 Å². The maximum absolute atomic E-state index is 5.18. The maximum Gasteiger partial charge on any atom is 0.0978 e. The van der Waals surface area contributed by atoms with Crippen LogP contribution >= 0.6 is 0 Å². The molecule has 0 aliphatic carbocycles. The van der Waals surface area contributed by atoms with Gasteiger partial charge in [0.25, 0.3) is 0 Å². The van der Waals surface area contributed by atoms with E-state index in [9.17, 15) is 0 Å². The van der Waals surface area contributed by atoms with Crippen molar-refractivity contribution in [2.24, 2.45) is 0 Å².